The molecule has 0 bridgehead atoms. The molecule has 1 atom stereocenters. The minimum absolute atomic E-state index is 0.00602. The molecule has 1 heterocycles. The summed E-state index contributed by atoms with van der Waals surface area (Å²) < 4.78 is 27.0. The molecule has 1 unspecified atom stereocenters. The number of fused-ring (bicyclic) bond motifs is 1. The Morgan fingerprint density at radius 2 is 1.96 bits per heavy atom. The SMILES string of the molecule is CC1=C(C)CC(C(=O)NS(=O)(=O)c2ccc3n[nH]nc3c2)CC1. The molecule has 1 aliphatic rings. The number of carbonyl (C=O) groups is 1. The molecule has 0 fully saturated rings. The molecule has 1 amide bonds. The van der Waals surface area contributed by atoms with Crippen molar-refractivity contribution < 1.29 is 13.2 Å². The minimum atomic E-state index is -3.91. The van der Waals surface area contributed by atoms with Crippen molar-refractivity contribution in [2.24, 2.45) is 5.92 Å². The van der Waals surface area contributed by atoms with Gasteiger partial charge in [-0.25, -0.2) is 13.1 Å². The zero-order valence-electron chi connectivity index (χ0n) is 13.0. The van der Waals surface area contributed by atoms with Gasteiger partial charge in [0, 0.05) is 5.92 Å². The Morgan fingerprint density at radius 1 is 1.22 bits per heavy atom. The number of sulfonamides is 1. The smallest absolute Gasteiger partial charge is 0.264 e. The third kappa shape index (κ3) is 3.12. The number of H-pyrrole nitrogens is 1. The molecular formula is C15H18N4O3S. The Bertz CT molecular complexity index is 898. The number of aromatic amines is 1. The number of nitrogens with zero attached hydrogens (tertiary/aromatic N) is 2. The molecule has 1 aromatic heterocycles. The van der Waals surface area contributed by atoms with Crippen LogP contribution in [0.25, 0.3) is 11.0 Å². The average molecular weight is 334 g/mol. The van der Waals surface area contributed by atoms with Gasteiger partial charge in [0.05, 0.1) is 4.90 Å². The summed E-state index contributed by atoms with van der Waals surface area (Å²) in [5.74, 6) is -0.749. The summed E-state index contributed by atoms with van der Waals surface area (Å²) in [6.07, 6.45) is 2.11. The van der Waals surface area contributed by atoms with Gasteiger partial charge >= 0.3 is 0 Å². The van der Waals surface area contributed by atoms with Crippen LogP contribution in [-0.4, -0.2) is 29.7 Å². The highest BCUT2D eigenvalue weighted by atomic mass is 32.2. The van der Waals surface area contributed by atoms with E-state index in [1.54, 1.807) is 6.07 Å². The Balaban J connectivity index is 1.79. The van der Waals surface area contributed by atoms with Crippen LogP contribution in [0.3, 0.4) is 0 Å². The number of hydrogen-bond donors (Lipinski definition) is 2. The lowest BCUT2D eigenvalue weighted by Crippen LogP contribution is -2.36. The number of hydrogen-bond acceptors (Lipinski definition) is 5. The highest BCUT2D eigenvalue weighted by molar-refractivity contribution is 7.90. The van der Waals surface area contributed by atoms with Crippen LogP contribution in [0.5, 0.6) is 0 Å². The van der Waals surface area contributed by atoms with Crippen LogP contribution >= 0.6 is 0 Å². The number of carbonyl (C=O) groups excluding carboxylic acids is 1. The molecule has 0 saturated heterocycles. The van der Waals surface area contributed by atoms with E-state index in [1.807, 2.05) is 13.8 Å². The first kappa shape index (κ1) is 15.7. The van der Waals surface area contributed by atoms with Crippen molar-refractivity contribution in [1.82, 2.24) is 20.1 Å². The molecule has 2 aromatic rings. The maximum Gasteiger partial charge on any atom is 0.264 e. The second-order valence-corrected chi connectivity index (χ2v) is 7.63. The van der Waals surface area contributed by atoms with Crippen molar-refractivity contribution in [1.29, 1.82) is 0 Å². The summed E-state index contributed by atoms with van der Waals surface area (Å²) in [5.41, 5.74) is 3.46. The Labute approximate surface area is 134 Å². The van der Waals surface area contributed by atoms with E-state index in [-0.39, 0.29) is 10.8 Å². The van der Waals surface area contributed by atoms with Gasteiger partial charge in [-0.2, -0.15) is 15.4 Å². The average Bonchev–Trinajstić information content (AvgIpc) is 2.97. The van der Waals surface area contributed by atoms with Crippen molar-refractivity contribution in [3.05, 3.63) is 29.3 Å². The highest BCUT2D eigenvalue weighted by Crippen LogP contribution is 2.29. The first-order valence-corrected chi connectivity index (χ1v) is 8.87. The number of benzene rings is 1. The minimum Gasteiger partial charge on any atom is -0.274 e. The van der Waals surface area contributed by atoms with Crippen molar-refractivity contribution in [3.8, 4) is 0 Å². The van der Waals surface area contributed by atoms with Gasteiger partial charge in [-0.15, -0.1) is 0 Å². The van der Waals surface area contributed by atoms with Crippen LogP contribution in [0.1, 0.15) is 33.1 Å². The zero-order valence-corrected chi connectivity index (χ0v) is 13.8. The molecule has 1 aliphatic carbocycles. The van der Waals surface area contributed by atoms with E-state index in [2.05, 4.69) is 20.1 Å². The van der Waals surface area contributed by atoms with Crippen molar-refractivity contribution >= 4 is 27.0 Å². The summed E-state index contributed by atoms with van der Waals surface area (Å²) in [7, 11) is -3.91. The quantitative estimate of drug-likeness (QED) is 0.834. The molecule has 1 aromatic carbocycles. The van der Waals surface area contributed by atoms with Gasteiger partial charge in [-0.3, -0.25) is 4.79 Å². The molecule has 2 N–H and O–H groups in total. The van der Waals surface area contributed by atoms with Gasteiger partial charge in [0.15, 0.2) is 0 Å². The standard InChI is InChI=1S/C15H18N4O3S/c1-9-3-4-11(7-10(9)2)15(20)18-23(21,22)12-5-6-13-14(8-12)17-19-16-13/h5-6,8,11H,3-4,7H2,1-2H3,(H,18,20)(H,16,17,19). The maximum atomic E-state index is 12.4. The first-order chi connectivity index (χ1) is 10.9. The van der Waals surface area contributed by atoms with E-state index in [4.69, 9.17) is 0 Å². The normalized spacial score (nSPS) is 19.1. The Kier molecular flexibility index (Phi) is 3.93. The lowest BCUT2D eigenvalue weighted by atomic mass is 9.85. The topological polar surface area (TPSA) is 105 Å². The predicted octanol–water partition coefficient (Wildman–Crippen LogP) is 1.90. The largest absolute Gasteiger partial charge is 0.274 e. The van der Waals surface area contributed by atoms with Gasteiger partial charge in [-0.05, 0) is 51.3 Å². The van der Waals surface area contributed by atoms with Crippen LogP contribution < -0.4 is 4.72 Å². The summed E-state index contributed by atoms with van der Waals surface area (Å²) in [6, 6.07) is 4.36. The lowest BCUT2D eigenvalue weighted by molar-refractivity contribution is -0.123. The summed E-state index contributed by atoms with van der Waals surface area (Å²) in [4.78, 5) is 12.3. The first-order valence-electron chi connectivity index (χ1n) is 7.39. The summed E-state index contributed by atoms with van der Waals surface area (Å²) in [6.45, 7) is 4.04. The Morgan fingerprint density at radius 3 is 2.70 bits per heavy atom. The fraction of sp³-hybridized carbons (Fsp3) is 0.400. The second kappa shape index (κ2) is 5.77. The fourth-order valence-corrected chi connectivity index (χ4v) is 3.80. The lowest BCUT2D eigenvalue weighted by Gasteiger charge is -2.23. The van der Waals surface area contributed by atoms with Crippen LogP contribution in [0.15, 0.2) is 34.2 Å². The molecule has 23 heavy (non-hydrogen) atoms. The van der Waals surface area contributed by atoms with E-state index >= 15 is 0 Å². The van der Waals surface area contributed by atoms with Crippen molar-refractivity contribution in [2.75, 3.05) is 0 Å². The van der Waals surface area contributed by atoms with Gasteiger partial charge in [0.2, 0.25) is 5.91 Å². The number of rotatable bonds is 3. The maximum absolute atomic E-state index is 12.4. The molecule has 0 aliphatic heterocycles. The van der Waals surface area contributed by atoms with Crippen molar-refractivity contribution in [2.45, 2.75) is 38.0 Å². The number of allylic oxidation sites excluding steroid dienone is 2. The second-order valence-electron chi connectivity index (χ2n) is 5.94. The van der Waals surface area contributed by atoms with Gasteiger partial charge < -0.3 is 0 Å². The Hall–Kier alpha value is -2.22. The molecule has 122 valence electrons. The molecular weight excluding hydrogens is 316 g/mol. The molecule has 8 heteroatoms. The fourth-order valence-electron chi connectivity index (χ4n) is 2.74. The van der Waals surface area contributed by atoms with E-state index in [0.717, 1.165) is 12.0 Å². The van der Waals surface area contributed by atoms with E-state index in [9.17, 15) is 13.2 Å². The number of aromatic nitrogens is 3. The molecule has 0 radical (unpaired) electrons. The van der Waals surface area contributed by atoms with Crippen LogP contribution in [0, 0.1) is 5.92 Å². The van der Waals surface area contributed by atoms with Crippen LogP contribution in [0.4, 0.5) is 0 Å². The van der Waals surface area contributed by atoms with Crippen LogP contribution in [0.2, 0.25) is 0 Å². The third-order valence-electron chi connectivity index (χ3n) is 4.35. The summed E-state index contributed by atoms with van der Waals surface area (Å²) >= 11 is 0. The predicted molar refractivity (Wildman–Crippen MR) is 84.9 cm³/mol. The third-order valence-corrected chi connectivity index (χ3v) is 5.70. The molecule has 3 rings (SSSR count). The number of amides is 1. The number of nitrogens with one attached hydrogen (secondary N) is 2. The van der Waals surface area contributed by atoms with Gasteiger partial charge in [-0.1, -0.05) is 11.1 Å². The van der Waals surface area contributed by atoms with Gasteiger partial charge in [0.25, 0.3) is 10.0 Å². The highest BCUT2D eigenvalue weighted by Gasteiger charge is 2.27. The molecule has 0 saturated carbocycles. The van der Waals surface area contributed by atoms with Crippen LogP contribution in [-0.2, 0) is 14.8 Å². The molecule has 0 spiro atoms. The van der Waals surface area contributed by atoms with Crippen molar-refractivity contribution in [3.63, 3.8) is 0 Å². The van der Waals surface area contributed by atoms with E-state index in [0.29, 0.717) is 23.9 Å². The zero-order chi connectivity index (χ0) is 16.6. The monoisotopic (exact) mass is 334 g/mol. The van der Waals surface area contributed by atoms with E-state index in [1.165, 1.54) is 17.7 Å². The summed E-state index contributed by atoms with van der Waals surface area (Å²) in [5, 5.41) is 10.2. The van der Waals surface area contributed by atoms with Gasteiger partial charge in [0.1, 0.15) is 11.0 Å². The van der Waals surface area contributed by atoms with E-state index < -0.39 is 15.9 Å². The molecule has 7 nitrogen and oxygen atoms in total.